The molecule has 1 aliphatic heterocycles. The average Bonchev–Trinajstić information content (AvgIpc) is 2.82. The number of hydrogen-bond donors (Lipinski definition) is 2. The molecule has 12 heteroatoms. The number of nitrogens with zero attached hydrogens (tertiary/aromatic N) is 2. The number of carboxylic acid groups (broad SMARTS) is 1. The van der Waals surface area contributed by atoms with Crippen molar-refractivity contribution in [1.82, 2.24) is 15.1 Å². The van der Waals surface area contributed by atoms with Crippen LogP contribution in [0.2, 0.25) is 5.02 Å². The molecule has 0 unspecified atom stereocenters. The molecule has 1 aliphatic rings. The van der Waals surface area contributed by atoms with Gasteiger partial charge in [-0.15, -0.1) is 0 Å². The van der Waals surface area contributed by atoms with Crippen LogP contribution < -0.4 is 5.32 Å². The summed E-state index contributed by atoms with van der Waals surface area (Å²) in [7, 11) is 0. The van der Waals surface area contributed by atoms with Gasteiger partial charge < -0.3 is 20.2 Å². The van der Waals surface area contributed by atoms with Gasteiger partial charge in [-0.2, -0.15) is 13.2 Å². The van der Waals surface area contributed by atoms with Gasteiger partial charge in [-0.3, -0.25) is 9.59 Å². The highest BCUT2D eigenvalue weighted by Crippen LogP contribution is 2.16. The molecule has 0 radical (unpaired) electrons. The van der Waals surface area contributed by atoms with Crippen molar-refractivity contribution < 1.29 is 37.1 Å². The van der Waals surface area contributed by atoms with Crippen LogP contribution in [0.4, 0.5) is 17.6 Å². The van der Waals surface area contributed by atoms with E-state index in [0.717, 1.165) is 18.7 Å². The molecule has 0 atom stereocenters. The first-order valence-corrected chi connectivity index (χ1v) is 10.9. The topological polar surface area (TPSA) is 90.0 Å². The van der Waals surface area contributed by atoms with Crippen LogP contribution in [0.1, 0.15) is 22.3 Å². The lowest BCUT2D eigenvalue weighted by Gasteiger charge is -2.29. The number of piperazine rings is 1. The number of nitrogens with one attached hydrogen (secondary N) is 1. The first-order chi connectivity index (χ1) is 16.5. The summed E-state index contributed by atoms with van der Waals surface area (Å²) in [4.78, 5) is 37.8. The molecule has 0 bridgehead atoms. The zero-order valence-electron chi connectivity index (χ0n) is 18.5. The molecule has 0 aliphatic carbocycles. The molecule has 0 saturated carbocycles. The number of alkyl halides is 3. The van der Waals surface area contributed by atoms with Gasteiger partial charge in [-0.05, 0) is 42.0 Å². The van der Waals surface area contributed by atoms with Gasteiger partial charge >= 0.3 is 12.1 Å². The van der Waals surface area contributed by atoms with Gasteiger partial charge in [-0.25, -0.2) is 9.18 Å². The summed E-state index contributed by atoms with van der Waals surface area (Å²) in [6.45, 7) is 3.54. The van der Waals surface area contributed by atoms with Gasteiger partial charge in [0.25, 0.3) is 5.91 Å². The molecule has 2 N–H and O–H groups in total. The van der Waals surface area contributed by atoms with Crippen LogP contribution in [0.5, 0.6) is 0 Å². The van der Waals surface area contributed by atoms with E-state index in [0.29, 0.717) is 30.2 Å². The van der Waals surface area contributed by atoms with E-state index in [2.05, 4.69) is 5.32 Å². The maximum Gasteiger partial charge on any atom is 0.490 e. The minimum atomic E-state index is -5.08. The van der Waals surface area contributed by atoms with E-state index in [1.165, 1.54) is 24.3 Å². The Morgan fingerprint density at radius 1 is 1.06 bits per heavy atom. The van der Waals surface area contributed by atoms with Crippen LogP contribution in [-0.4, -0.2) is 71.6 Å². The summed E-state index contributed by atoms with van der Waals surface area (Å²) in [6.07, 6.45) is -4.84. The van der Waals surface area contributed by atoms with Crippen LogP contribution >= 0.6 is 11.6 Å². The number of halogens is 5. The van der Waals surface area contributed by atoms with E-state index in [1.807, 2.05) is 17.0 Å². The Morgan fingerprint density at radius 2 is 1.66 bits per heavy atom. The van der Waals surface area contributed by atoms with Crippen molar-refractivity contribution in [2.45, 2.75) is 19.1 Å². The van der Waals surface area contributed by atoms with Gasteiger partial charge in [0.2, 0.25) is 5.91 Å². The quantitative estimate of drug-likeness (QED) is 0.572. The standard InChI is InChI=1S/C21H23ClFN3O2.C2HF3O2/c22-18-3-1-2-16(14-18)15-26(21(28)17-4-6-19(23)7-5-17)11-8-20(27)25-12-9-24-10-13-25;3-2(4,5)1(6)7/h1-7,14,24H,8-13,15H2;(H,6,7). The van der Waals surface area contributed by atoms with Gasteiger partial charge in [0.15, 0.2) is 0 Å². The summed E-state index contributed by atoms with van der Waals surface area (Å²) >= 11 is 6.06. The van der Waals surface area contributed by atoms with Gasteiger partial charge in [-0.1, -0.05) is 23.7 Å². The average molecular weight is 518 g/mol. The molecule has 3 rings (SSSR count). The van der Waals surface area contributed by atoms with Crippen molar-refractivity contribution in [3.63, 3.8) is 0 Å². The van der Waals surface area contributed by atoms with Crippen molar-refractivity contribution >= 4 is 29.4 Å². The Kier molecular flexibility index (Phi) is 10.5. The normalized spacial score (nSPS) is 13.5. The maximum absolute atomic E-state index is 13.2. The number of hydrogen-bond acceptors (Lipinski definition) is 4. The number of aliphatic carboxylic acids is 1. The molecule has 1 fully saturated rings. The highest BCUT2D eigenvalue weighted by atomic mass is 35.5. The second-order valence-electron chi connectivity index (χ2n) is 7.55. The summed E-state index contributed by atoms with van der Waals surface area (Å²) in [5.41, 5.74) is 1.26. The van der Waals surface area contributed by atoms with E-state index in [4.69, 9.17) is 21.5 Å². The molecule has 1 saturated heterocycles. The van der Waals surface area contributed by atoms with E-state index < -0.39 is 18.0 Å². The number of rotatable bonds is 6. The largest absolute Gasteiger partial charge is 0.490 e. The van der Waals surface area contributed by atoms with Crippen molar-refractivity contribution in [2.75, 3.05) is 32.7 Å². The van der Waals surface area contributed by atoms with E-state index in [-0.39, 0.29) is 24.8 Å². The lowest BCUT2D eigenvalue weighted by atomic mass is 10.1. The Morgan fingerprint density at radius 3 is 2.20 bits per heavy atom. The maximum atomic E-state index is 13.2. The fraction of sp³-hybridized carbons (Fsp3) is 0.348. The Balaban J connectivity index is 0.000000540. The Labute approximate surface area is 204 Å². The van der Waals surface area contributed by atoms with E-state index in [1.54, 1.807) is 17.0 Å². The number of benzene rings is 2. The Bertz CT molecular complexity index is 1010. The minimum absolute atomic E-state index is 0.0319. The summed E-state index contributed by atoms with van der Waals surface area (Å²) in [5.74, 6) is -3.36. The third-order valence-electron chi connectivity index (χ3n) is 4.95. The molecule has 1 heterocycles. The van der Waals surface area contributed by atoms with Gasteiger partial charge in [0.1, 0.15) is 5.82 Å². The lowest BCUT2D eigenvalue weighted by Crippen LogP contribution is -2.47. The van der Waals surface area contributed by atoms with Crippen molar-refractivity contribution in [3.05, 3.63) is 70.5 Å². The number of amides is 2. The molecule has 2 aromatic carbocycles. The minimum Gasteiger partial charge on any atom is -0.475 e. The van der Waals surface area contributed by atoms with Crippen LogP contribution in [0.25, 0.3) is 0 Å². The molecule has 0 aromatic heterocycles. The fourth-order valence-corrected chi connectivity index (χ4v) is 3.40. The zero-order valence-corrected chi connectivity index (χ0v) is 19.3. The van der Waals surface area contributed by atoms with Gasteiger partial charge in [0.05, 0.1) is 0 Å². The monoisotopic (exact) mass is 517 g/mol. The van der Waals surface area contributed by atoms with Crippen molar-refractivity contribution in [1.29, 1.82) is 0 Å². The van der Waals surface area contributed by atoms with E-state index in [9.17, 15) is 27.2 Å². The van der Waals surface area contributed by atoms with Crippen molar-refractivity contribution in [3.8, 4) is 0 Å². The first-order valence-electron chi connectivity index (χ1n) is 10.5. The molecule has 0 spiro atoms. The van der Waals surface area contributed by atoms with Crippen LogP contribution in [0.3, 0.4) is 0 Å². The number of carbonyl (C=O) groups is 3. The Hall–Kier alpha value is -3.18. The van der Waals surface area contributed by atoms with Crippen LogP contribution in [-0.2, 0) is 16.1 Å². The second kappa shape index (κ2) is 13.1. The smallest absolute Gasteiger partial charge is 0.475 e. The molecule has 2 amide bonds. The summed E-state index contributed by atoms with van der Waals surface area (Å²) in [6, 6.07) is 12.7. The van der Waals surface area contributed by atoms with Gasteiger partial charge in [0, 0.05) is 56.3 Å². The second-order valence-corrected chi connectivity index (χ2v) is 7.98. The predicted octanol–water partition coefficient (Wildman–Crippen LogP) is 3.58. The first kappa shape index (κ1) is 28.1. The molecule has 7 nitrogen and oxygen atoms in total. The molecular weight excluding hydrogens is 494 g/mol. The molecule has 190 valence electrons. The van der Waals surface area contributed by atoms with E-state index >= 15 is 0 Å². The highest BCUT2D eigenvalue weighted by Gasteiger charge is 2.38. The molecule has 2 aromatic rings. The fourth-order valence-electron chi connectivity index (χ4n) is 3.19. The highest BCUT2D eigenvalue weighted by molar-refractivity contribution is 6.30. The lowest BCUT2D eigenvalue weighted by molar-refractivity contribution is -0.192. The molecular formula is C23H24ClF4N3O4. The molecule has 35 heavy (non-hydrogen) atoms. The number of carbonyl (C=O) groups excluding carboxylic acids is 2. The van der Waals surface area contributed by atoms with Crippen molar-refractivity contribution in [2.24, 2.45) is 0 Å². The SMILES string of the molecule is O=C(CCN(Cc1cccc(Cl)c1)C(=O)c1ccc(F)cc1)N1CCNCC1.O=C(O)C(F)(F)F. The summed E-state index contributed by atoms with van der Waals surface area (Å²) < 4.78 is 44.9. The number of carboxylic acids is 1. The summed E-state index contributed by atoms with van der Waals surface area (Å²) in [5, 5.41) is 10.9. The predicted molar refractivity (Wildman–Crippen MR) is 120 cm³/mol. The third kappa shape index (κ3) is 9.53. The van der Waals surface area contributed by atoms with Crippen LogP contribution in [0, 0.1) is 5.82 Å². The zero-order chi connectivity index (χ0) is 26.0. The third-order valence-corrected chi connectivity index (χ3v) is 5.18. The van der Waals surface area contributed by atoms with Crippen LogP contribution in [0.15, 0.2) is 48.5 Å².